The predicted octanol–water partition coefficient (Wildman–Crippen LogP) is 1.96. The number of sulfonamides is 1. The lowest BCUT2D eigenvalue weighted by Gasteiger charge is -2.14. The molecule has 0 atom stereocenters. The van der Waals surface area contributed by atoms with Gasteiger partial charge in [-0.25, -0.2) is 13.1 Å². The zero-order valence-electron chi connectivity index (χ0n) is 17.7. The number of fused-ring (bicyclic) bond motifs is 1. The lowest BCUT2D eigenvalue weighted by atomic mass is 10.2. The van der Waals surface area contributed by atoms with E-state index in [0.29, 0.717) is 38.1 Å². The SMILES string of the molecule is CN=C(NCc1cccc(S(=O)(=O)NCCOC)c1)Nc1ccc2c(c1)OCCCO2. The lowest BCUT2D eigenvalue weighted by Crippen LogP contribution is -2.30. The molecule has 9 nitrogen and oxygen atoms in total. The molecule has 0 unspecified atom stereocenters. The van der Waals surface area contributed by atoms with Crippen LogP contribution in [0.25, 0.3) is 0 Å². The first-order valence-corrected chi connectivity index (χ1v) is 11.4. The average molecular weight is 449 g/mol. The maximum atomic E-state index is 12.4. The molecule has 0 bridgehead atoms. The van der Waals surface area contributed by atoms with Crippen LogP contribution in [0.4, 0.5) is 5.69 Å². The Morgan fingerprint density at radius 2 is 1.94 bits per heavy atom. The van der Waals surface area contributed by atoms with Gasteiger partial charge in [0.15, 0.2) is 17.5 Å². The van der Waals surface area contributed by atoms with E-state index >= 15 is 0 Å². The number of ether oxygens (including phenoxy) is 3. The molecule has 0 saturated carbocycles. The quantitative estimate of drug-likeness (QED) is 0.322. The number of hydrogen-bond donors (Lipinski definition) is 3. The molecule has 0 amide bonds. The van der Waals surface area contributed by atoms with Crippen LogP contribution >= 0.6 is 0 Å². The Morgan fingerprint density at radius 1 is 1.13 bits per heavy atom. The molecular weight excluding hydrogens is 420 g/mol. The van der Waals surface area contributed by atoms with E-state index in [9.17, 15) is 8.42 Å². The molecule has 0 saturated heterocycles. The fraction of sp³-hybridized carbons (Fsp3) is 0.381. The smallest absolute Gasteiger partial charge is 0.240 e. The van der Waals surface area contributed by atoms with E-state index in [4.69, 9.17) is 14.2 Å². The van der Waals surface area contributed by atoms with Crippen LogP contribution in [0.5, 0.6) is 11.5 Å². The number of hydrogen-bond acceptors (Lipinski definition) is 6. The van der Waals surface area contributed by atoms with Crippen LogP contribution in [0.3, 0.4) is 0 Å². The summed E-state index contributed by atoms with van der Waals surface area (Å²) < 4.78 is 43.5. The summed E-state index contributed by atoms with van der Waals surface area (Å²) >= 11 is 0. The minimum atomic E-state index is -3.59. The largest absolute Gasteiger partial charge is 0.490 e. The van der Waals surface area contributed by atoms with Crippen LogP contribution < -0.4 is 24.8 Å². The van der Waals surface area contributed by atoms with Crippen LogP contribution in [0.1, 0.15) is 12.0 Å². The van der Waals surface area contributed by atoms with E-state index < -0.39 is 10.0 Å². The van der Waals surface area contributed by atoms with Crippen LogP contribution in [0, 0.1) is 0 Å². The second-order valence-corrected chi connectivity index (χ2v) is 8.57. The van der Waals surface area contributed by atoms with Crippen molar-refractivity contribution in [1.29, 1.82) is 0 Å². The van der Waals surface area contributed by atoms with Crippen molar-refractivity contribution in [2.45, 2.75) is 17.9 Å². The highest BCUT2D eigenvalue weighted by atomic mass is 32.2. The van der Waals surface area contributed by atoms with Gasteiger partial charge < -0.3 is 24.8 Å². The first-order chi connectivity index (χ1) is 15.0. The molecule has 0 aromatic heterocycles. The molecule has 2 aromatic carbocycles. The van der Waals surface area contributed by atoms with E-state index in [2.05, 4.69) is 20.3 Å². The molecule has 1 aliphatic rings. The summed E-state index contributed by atoms with van der Waals surface area (Å²) in [6.45, 7) is 2.17. The zero-order valence-corrected chi connectivity index (χ0v) is 18.5. The number of guanidine groups is 1. The third-order valence-electron chi connectivity index (χ3n) is 4.50. The zero-order chi connectivity index (χ0) is 22.1. The Morgan fingerprint density at radius 3 is 2.71 bits per heavy atom. The highest BCUT2D eigenvalue weighted by molar-refractivity contribution is 7.89. The number of benzene rings is 2. The second-order valence-electron chi connectivity index (χ2n) is 6.80. The molecule has 0 spiro atoms. The van der Waals surface area contributed by atoms with Crippen molar-refractivity contribution in [3.05, 3.63) is 48.0 Å². The van der Waals surface area contributed by atoms with Gasteiger partial charge in [0.25, 0.3) is 0 Å². The first-order valence-electron chi connectivity index (χ1n) is 9.96. The van der Waals surface area contributed by atoms with Crippen molar-refractivity contribution in [3.63, 3.8) is 0 Å². The maximum Gasteiger partial charge on any atom is 0.240 e. The Labute approximate surface area is 182 Å². The van der Waals surface area contributed by atoms with Crippen molar-refractivity contribution in [2.24, 2.45) is 4.99 Å². The molecule has 3 rings (SSSR count). The number of anilines is 1. The molecule has 2 aromatic rings. The number of nitrogens with one attached hydrogen (secondary N) is 3. The van der Waals surface area contributed by atoms with Gasteiger partial charge in [0, 0.05) is 45.4 Å². The summed E-state index contributed by atoms with van der Waals surface area (Å²) in [5.74, 6) is 1.96. The fourth-order valence-corrected chi connectivity index (χ4v) is 4.01. The van der Waals surface area contributed by atoms with Crippen LogP contribution in [0.15, 0.2) is 52.4 Å². The second kappa shape index (κ2) is 11.0. The predicted molar refractivity (Wildman–Crippen MR) is 119 cm³/mol. The summed E-state index contributed by atoms with van der Waals surface area (Å²) in [5, 5.41) is 6.40. The van der Waals surface area contributed by atoms with E-state index in [1.54, 1.807) is 25.2 Å². The lowest BCUT2D eigenvalue weighted by molar-refractivity contribution is 0.204. The standard InChI is InChI=1S/C21H28N4O5S/c1-22-21(25-17-7-8-19-20(14-17)30-11-4-10-29-19)23-15-16-5-3-6-18(13-16)31(26,27)24-9-12-28-2/h3,5-8,13-14,24H,4,9-12,15H2,1-2H3,(H2,22,23,25). The Kier molecular flexibility index (Phi) is 8.10. The van der Waals surface area contributed by atoms with Crippen molar-refractivity contribution >= 4 is 21.7 Å². The van der Waals surface area contributed by atoms with Gasteiger partial charge in [0.2, 0.25) is 10.0 Å². The molecular formula is C21H28N4O5S. The molecule has 1 aliphatic heterocycles. The fourth-order valence-electron chi connectivity index (χ4n) is 2.93. The third-order valence-corrected chi connectivity index (χ3v) is 5.96. The minimum Gasteiger partial charge on any atom is -0.490 e. The van der Waals surface area contributed by atoms with Crippen LogP contribution in [0.2, 0.25) is 0 Å². The van der Waals surface area contributed by atoms with Gasteiger partial charge in [-0.3, -0.25) is 4.99 Å². The molecule has 1 heterocycles. The van der Waals surface area contributed by atoms with Gasteiger partial charge in [0.1, 0.15) is 0 Å². The van der Waals surface area contributed by atoms with Crippen LogP contribution in [-0.4, -0.2) is 54.9 Å². The average Bonchev–Trinajstić information content (AvgIpc) is 3.02. The van der Waals surface area contributed by atoms with Crippen LogP contribution in [-0.2, 0) is 21.3 Å². The summed E-state index contributed by atoms with van der Waals surface area (Å²) in [6, 6.07) is 12.4. The van der Waals surface area contributed by atoms with Gasteiger partial charge in [-0.1, -0.05) is 12.1 Å². The molecule has 0 aliphatic carbocycles. The van der Waals surface area contributed by atoms with Crippen molar-refractivity contribution in [3.8, 4) is 11.5 Å². The molecule has 168 valence electrons. The Bertz CT molecular complexity index is 1010. The maximum absolute atomic E-state index is 12.4. The summed E-state index contributed by atoms with van der Waals surface area (Å²) in [5.41, 5.74) is 1.60. The highest BCUT2D eigenvalue weighted by Crippen LogP contribution is 2.32. The highest BCUT2D eigenvalue weighted by Gasteiger charge is 2.14. The van der Waals surface area contributed by atoms with Gasteiger partial charge >= 0.3 is 0 Å². The van der Waals surface area contributed by atoms with Gasteiger partial charge in [-0.15, -0.1) is 0 Å². The Hall–Kier alpha value is -2.82. The first kappa shape index (κ1) is 22.9. The van der Waals surface area contributed by atoms with Gasteiger partial charge in [0.05, 0.1) is 24.7 Å². The van der Waals surface area contributed by atoms with E-state index in [0.717, 1.165) is 23.4 Å². The van der Waals surface area contributed by atoms with E-state index in [-0.39, 0.29) is 11.4 Å². The molecule has 10 heteroatoms. The molecule has 3 N–H and O–H groups in total. The monoisotopic (exact) mass is 448 g/mol. The Balaban J connectivity index is 1.62. The number of aliphatic imine (C=N–C) groups is 1. The summed E-state index contributed by atoms with van der Waals surface area (Å²) in [7, 11) is -0.402. The normalized spacial score (nSPS) is 14.1. The van der Waals surface area contributed by atoms with Crippen molar-refractivity contribution in [2.75, 3.05) is 45.8 Å². The van der Waals surface area contributed by atoms with Gasteiger partial charge in [-0.2, -0.15) is 0 Å². The molecule has 0 fully saturated rings. The summed E-state index contributed by atoms with van der Waals surface area (Å²) in [4.78, 5) is 4.43. The minimum absolute atomic E-state index is 0.203. The van der Waals surface area contributed by atoms with Crippen molar-refractivity contribution in [1.82, 2.24) is 10.0 Å². The number of methoxy groups -OCH3 is 1. The number of nitrogens with zero attached hydrogens (tertiary/aromatic N) is 1. The molecule has 0 radical (unpaired) electrons. The number of rotatable bonds is 8. The van der Waals surface area contributed by atoms with Gasteiger partial charge in [-0.05, 0) is 29.8 Å². The third kappa shape index (κ3) is 6.58. The van der Waals surface area contributed by atoms with Crippen molar-refractivity contribution < 1.29 is 22.6 Å². The topological polar surface area (TPSA) is 110 Å². The molecule has 31 heavy (non-hydrogen) atoms. The summed E-state index contributed by atoms with van der Waals surface area (Å²) in [6.07, 6.45) is 0.845. The van der Waals surface area contributed by atoms with E-state index in [1.807, 2.05) is 24.3 Å². The van der Waals surface area contributed by atoms with E-state index in [1.165, 1.54) is 7.11 Å².